The largest absolute Gasteiger partial charge is 0.295 e. The topological polar surface area (TPSA) is 60.2 Å². The second-order valence-electron chi connectivity index (χ2n) is 2.00. The third kappa shape index (κ3) is 4.66. The normalized spacial score (nSPS) is 11.3. The number of carbonyl (C=O) groups is 1. The fourth-order valence-corrected chi connectivity index (χ4v) is 1.07. The molecule has 0 aromatic rings. The van der Waals surface area contributed by atoms with E-state index in [4.69, 9.17) is 0 Å². The Morgan fingerprint density at radius 2 is 2.27 bits per heavy atom. The highest BCUT2D eigenvalue weighted by Crippen LogP contribution is 2.05. The van der Waals surface area contributed by atoms with Crippen LogP contribution in [0, 0.1) is 10.1 Å². The zero-order valence-corrected chi connectivity index (χ0v) is 7.63. The molecular weight excluding hydrogens is 214 g/mol. The minimum atomic E-state index is -0.445. The van der Waals surface area contributed by atoms with E-state index >= 15 is 0 Å². The van der Waals surface area contributed by atoms with Gasteiger partial charge in [0, 0.05) is 16.9 Å². The molecule has 0 aliphatic rings. The summed E-state index contributed by atoms with van der Waals surface area (Å²) in [6.45, 7) is 1.18. The lowest BCUT2D eigenvalue weighted by atomic mass is 10.1. The predicted molar refractivity (Wildman–Crippen MR) is 44.2 cm³/mol. The van der Waals surface area contributed by atoms with Crippen molar-refractivity contribution in [3.05, 3.63) is 20.7 Å². The molecule has 0 fully saturated rings. The fourth-order valence-electron chi connectivity index (χ4n) is 0.519. The molecular formula is C6H8BrNO3. The minimum Gasteiger partial charge on any atom is -0.295 e. The molecule has 0 unspecified atom stereocenters. The first kappa shape index (κ1) is 10.3. The van der Waals surface area contributed by atoms with Crippen molar-refractivity contribution in [2.45, 2.75) is 13.3 Å². The van der Waals surface area contributed by atoms with Crippen LogP contribution in [0.1, 0.15) is 13.3 Å². The maximum atomic E-state index is 10.7. The van der Waals surface area contributed by atoms with Gasteiger partial charge in [-0.2, -0.15) is 0 Å². The van der Waals surface area contributed by atoms with Crippen molar-refractivity contribution in [1.82, 2.24) is 0 Å². The van der Waals surface area contributed by atoms with E-state index in [0.29, 0.717) is 5.57 Å². The summed E-state index contributed by atoms with van der Waals surface area (Å²) in [5.41, 5.74) is 0.446. The van der Waals surface area contributed by atoms with Gasteiger partial charge in [0.1, 0.15) is 0 Å². The van der Waals surface area contributed by atoms with Gasteiger partial charge in [-0.05, 0) is 11.9 Å². The Morgan fingerprint density at radius 3 is 2.55 bits per heavy atom. The summed E-state index contributed by atoms with van der Waals surface area (Å²) in [7, 11) is 0. The van der Waals surface area contributed by atoms with E-state index in [1.165, 1.54) is 11.9 Å². The van der Waals surface area contributed by atoms with Crippen molar-refractivity contribution in [2.75, 3.05) is 6.54 Å². The summed E-state index contributed by atoms with van der Waals surface area (Å²) >= 11 is 2.96. The number of ketones is 1. The van der Waals surface area contributed by atoms with Crippen molar-refractivity contribution < 1.29 is 9.72 Å². The SMILES string of the molecule is CC(=O)C(=CBr)CC[N+](=O)[O-]. The molecule has 0 aliphatic carbocycles. The van der Waals surface area contributed by atoms with Gasteiger partial charge >= 0.3 is 0 Å². The number of hydrogen-bond acceptors (Lipinski definition) is 3. The Morgan fingerprint density at radius 1 is 1.73 bits per heavy atom. The molecule has 0 atom stereocenters. The number of hydrogen-bond donors (Lipinski definition) is 0. The Kier molecular flexibility index (Phi) is 4.69. The molecule has 0 rings (SSSR count). The van der Waals surface area contributed by atoms with Crippen molar-refractivity contribution >= 4 is 21.7 Å². The maximum Gasteiger partial charge on any atom is 0.208 e. The van der Waals surface area contributed by atoms with Gasteiger partial charge in [0.15, 0.2) is 5.78 Å². The summed E-state index contributed by atoms with van der Waals surface area (Å²) in [5.74, 6) is -0.135. The molecule has 0 spiro atoms. The number of nitrogens with zero attached hydrogens (tertiary/aromatic N) is 1. The van der Waals surface area contributed by atoms with Crippen molar-refractivity contribution in [3.8, 4) is 0 Å². The molecule has 0 saturated carbocycles. The van der Waals surface area contributed by atoms with Crippen molar-refractivity contribution in [2.24, 2.45) is 0 Å². The van der Waals surface area contributed by atoms with Gasteiger partial charge in [-0.1, -0.05) is 15.9 Å². The quantitative estimate of drug-likeness (QED) is 0.411. The lowest BCUT2D eigenvalue weighted by Crippen LogP contribution is -2.05. The van der Waals surface area contributed by atoms with Gasteiger partial charge in [0.05, 0.1) is 0 Å². The maximum absolute atomic E-state index is 10.7. The molecule has 4 nitrogen and oxygen atoms in total. The Hall–Kier alpha value is -0.710. The number of nitro groups is 1. The first-order chi connectivity index (χ1) is 5.07. The van der Waals surface area contributed by atoms with Crippen LogP contribution in [-0.2, 0) is 4.79 Å². The highest BCUT2D eigenvalue weighted by atomic mass is 79.9. The van der Waals surface area contributed by atoms with Gasteiger partial charge in [-0.25, -0.2) is 0 Å². The minimum absolute atomic E-state index is 0.135. The van der Waals surface area contributed by atoms with Crippen LogP contribution < -0.4 is 0 Å². The number of rotatable bonds is 4. The van der Waals surface area contributed by atoms with Crippen molar-refractivity contribution in [3.63, 3.8) is 0 Å². The Bertz CT molecular complexity index is 200. The zero-order valence-electron chi connectivity index (χ0n) is 6.04. The van der Waals surface area contributed by atoms with Gasteiger partial charge in [0.25, 0.3) is 0 Å². The van der Waals surface area contributed by atoms with E-state index in [0.717, 1.165) is 0 Å². The predicted octanol–water partition coefficient (Wildman–Crippen LogP) is 1.52. The van der Waals surface area contributed by atoms with Crippen LogP contribution >= 0.6 is 15.9 Å². The molecule has 0 heterocycles. The van der Waals surface area contributed by atoms with Crippen LogP contribution in [0.2, 0.25) is 0 Å². The van der Waals surface area contributed by atoms with Crippen LogP contribution in [0.15, 0.2) is 10.6 Å². The third-order valence-electron chi connectivity index (χ3n) is 1.15. The fraction of sp³-hybridized carbons (Fsp3) is 0.500. The van der Waals surface area contributed by atoms with Gasteiger partial charge in [-0.15, -0.1) is 0 Å². The molecule has 62 valence electrons. The monoisotopic (exact) mass is 221 g/mol. The lowest BCUT2D eigenvalue weighted by molar-refractivity contribution is -0.479. The van der Waals surface area contributed by atoms with Crippen LogP contribution in [0.4, 0.5) is 0 Å². The second kappa shape index (κ2) is 5.01. The summed E-state index contributed by atoms with van der Waals surface area (Å²) in [4.78, 5) is 21.5. The average Bonchev–Trinajstić information content (AvgIpc) is 1.87. The highest BCUT2D eigenvalue weighted by Gasteiger charge is 2.06. The molecule has 0 aromatic heterocycles. The summed E-state index contributed by atoms with van der Waals surface area (Å²) in [6, 6.07) is 0. The molecule has 0 bridgehead atoms. The molecule has 11 heavy (non-hydrogen) atoms. The van der Waals surface area contributed by atoms with E-state index in [-0.39, 0.29) is 18.7 Å². The molecule has 0 amide bonds. The molecule has 0 aromatic carbocycles. The first-order valence-electron chi connectivity index (χ1n) is 3.00. The first-order valence-corrected chi connectivity index (χ1v) is 3.91. The summed E-state index contributed by atoms with van der Waals surface area (Å²) in [5, 5.41) is 9.89. The van der Waals surface area contributed by atoms with Crippen LogP contribution in [0.3, 0.4) is 0 Å². The average molecular weight is 222 g/mol. The molecule has 0 aliphatic heterocycles. The Balaban J connectivity index is 3.92. The van der Waals surface area contributed by atoms with E-state index in [1.807, 2.05) is 0 Å². The van der Waals surface area contributed by atoms with E-state index in [9.17, 15) is 14.9 Å². The summed E-state index contributed by atoms with van der Waals surface area (Å²) < 4.78 is 0. The zero-order chi connectivity index (χ0) is 8.85. The van der Waals surface area contributed by atoms with E-state index in [2.05, 4.69) is 15.9 Å². The number of Topliss-reactive ketones (excluding diaryl/α,β-unsaturated/α-hetero) is 1. The standard InChI is InChI=1S/C6H8BrNO3/c1-5(9)6(4-7)2-3-8(10)11/h4H,2-3H2,1H3. The molecule has 5 heteroatoms. The smallest absolute Gasteiger partial charge is 0.208 e. The van der Waals surface area contributed by atoms with Crippen LogP contribution in [0.25, 0.3) is 0 Å². The van der Waals surface area contributed by atoms with Crippen molar-refractivity contribution in [1.29, 1.82) is 0 Å². The van der Waals surface area contributed by atoms with Gasteiger partial charge < -0.3 is 0 Å². The second-order valence-corrected chi connectivity index (χ2v) is 2.45. The van der Waals surface area contributed by atoms with E-state index < -0.39 is 4.92 Å². The third-order valence-corrected chi connectivity index (χ3v) is 1.70. The van der Waals surface area contributed by atoms with Crippen LogP contribution in [-0.4, -0.2) is 17.3 Å². The Labute approximate surface area is 72.6 Å². The lowest BCUT2D eigenvalue weighted by Gasteiger charge is -1.95. The summed E-state index contributed by atoms with van der Waals surface area (Å²) in [6.07, 6.45) is 0.188. The number of halogens is 1. The van der Waals surface area contributed by atoms with Gasteiger partial charge in [0.2, 0.25) is 6.54 Å². The molecule has 0 N–H and O–H groups in total. The number of carbonyl (C=O) groups excluding carboxylic acids is 1. The molecule has 0 radical (unpaired) electrons. The van der Waals surface area contributed by atoms with Gasteiger partial charge in [-0.3, -0.25) is 14.9 Å². The molecule has 0 saturated heterocycles. The van der Waals surface area contributed by atoms with Crippen LogP contribution in [0.5, 0.6) is 0 Å². The van der Waals surface area contributed by atoms with E-state index in [1.54, 1.807) is 0 Å². The highest BCUT2D eigenvalue weighted by molar-refractivity contribution is 9.11.